The maximum Gasteiger partial charge on any atom is 0.214 e. The summed E-state index contributed by atoms with van der Waals surface area (Å²) in [5, 5.41) is 3.96. The van der Waals surface area contributed by atoms with Crippen LogP contribution in [0.25, 0.3) is 27.6 Å². The molecular formula is C24H13BrF2N4O2. The summed E-state index contributed by atoms with van der Waals surface area (Å²) in [6.45, 7) is 0. The molecule has 2 N–H and O–H groups in total. The number of carbonyl (C=O) groups excluding carboxylic acids is 1. The number of imidazole rings is 1. The number of hydrogen-bond acceptors (Lipinski definition) is 3. The Bertz CT molecular complexity index is 1720. The number of aromatic nitrogens is 4. The molecule has 0 aliphatic carbocycles. The first-order valence-corrected chi connectivity index (χ1v) is 10.7. The van der Waals surface area contributed by atoms with Gasteiger partial charge in [0.1, 0.15) is 5.75 Å². The second-order valence-corrected chi connectivity index (χ2v) is 8.33. The van der Waals surface area contributed by atoms with E-state index in [9.17, 15) is 13.6 Å². The number of nitrogens with zero attached hydrogens (tertiary/aromatic N) is 2. The van der Waals surface area contributed by atoms with E-state index in [-0.39, 0.29) is 11.5 Å². The molecule has 3 aromatic heterocycles. The molecule has 0 saturated carbocycles. The highest BCUT2D eigenvalue weighted by molar-refractivity contribution is 9.10. The summed E-state index contributed by atoms with van der Waals surface area (Å²) in [6, 6.07) is 16.2. The van der Waals surface area contributed by atoms with Crippen LogP contribution in [0.3, 0.4) is 0 Å². The molecule has 0 radical (unpaired) electrons. The van der Waals surface area contributed by atoms with Gasteiger partial charge < -0.3 is 9.72 Å². The minimum atomic E-state index is -1.06. The predicted molar refractivity (Wildman–Crippen MR) is 123 cm³/mol. The zero-order valence-corrected chi connectivity index (χ0v) is 18.3. The van der Waals surface area contributed by atoms with Gasteiger partial charge in [-0.3, -0.25) is 9.89 Å². The van der Waals surface area contributed by atoms with Crippen LogP contribution in [0.2, 0.25) is 0 Å². The molecule has 6 nitrogen and oxygen atoms in total. The van der Waals surface area contributed by atoms with E-state index in [2.05, 4.69) is 31.0 Å². The summed E-state index contributed by atoms with van der Waals surface area (Å²) in [5.74, 6) is -2.19. The molecule has 0 atom stereocenters. The monoisotopic (exact) mass is 506 g/mol. The van der Waals surface area contributed by atoms with Crippen LogP contribution in [-0.2, 0) is 0 Å². The van der Waals surface area contributed by atoms with Crippen LogP contribution >= 0.6 is 15.9 Å². The van der Waals surface area contributed by atoms with Crippen molar-refractivity contribution in [3.05, 3.63) is 94.2 Å². The zero-order chi connectivity index (χ0) is 22.7. The Morgan fingerprint density at radius 1 is 1.06 bits per heavy atom. The molecule has 0 amide bonds. The third-order valence-corrected chi connectivity index (χ3v) is 6.14. The van der Waals surface area contributed by atoms with Crippen LogP contribution in [0, 0.1) is 11.6 Å². The van der Waals surface area contributed by atoms with E-state index >= 15 is 0 Å². The Hall–Kier alpha value is -3.98. The van der Waals surface area contributed by atoms with E-state index in [4.69, 9.17) is 4.74 Å². The largest absolute Gasteiger partial charge is 0.454 e. The number of hydrogen-bond donors (Lipinski definition) is 2. The van der Waals surface area contributed by atoms with Gasteiger partial charge in [-0.25, -0.2) is 13.9 Å². The standard InChI is InChI=1S/C24H13BrF2N4O2/c25-15-3-1-5-17-13(15)10-19(29-17)23(32)14-11-28-31-20-8-7-12(9-18(20)30-24(14)31)33-21-6-2-4-16(26)22(21)27/h1-11,28-29H. The fourth-order valence-electron chi connectivity index (χ4n) is 3.87. The third-order valence-electron chi connectivity index (χ3n) is 5.45. The normalized spacial score (nSPS) is 11.6. The van der Waals surface area contributed by atoms with Gasteiger partial charge in [0, 0.05) is 27.6 Å². The van der Waals surface area contributed by atoms with Crippen LogP contribution < -0.4 is 4.74 Å². The molecular weight excluding hydrogens is 494 g/mol. The van der Waals surface area contributed by atoms with Crippen molar-refractivity contribution in [1.82, 2.24) is 19.6 Å². The Morgan fingerprint density at radius 3 is 2.76 bits per heavy atom. The van der Waals surface area contributed by atoms with Gasteiger partial charge in [0.05, 0.1) is 22.3 Å². The van der Waals surface area contributed by atoms with E-state index in [1.165, 1.54) is 12.1 Å². The second kappa shape index (κ2) is 7.28. The fraction of sp³-hybridized carbons (Fsp3) is 0. The van der Waals surface area contributed by atoms with E-state index in [1.54, 1.807) is 35.0 Å². The number of rotatable bonds is 4. The van der Waals surface area contributed by atoms with Crippen molar-refractivity contribution in [2.45, 2.75) is 0 Å². The summed E-state index contributed by atoms with van der Waals surface area (Å²) in [6.07, 6.45) is 1.61. The molecule has 0 aliphatic heterocycles. The fourth-order valence-corrected chi connectivity index (χ4v) is 4.35. The highest BCUT2D eigenvalue weighted by Gasteiger charge is 2.20. The summed E-state index contributed by atoms with van der Waals surface area (Å²) in [7, 11) is 0. The lowest BCUT2D eigenvalue weighted by atomic mass is 10.1. The van der Waals surface area contributed by atoms with Crippen LogP contribution in [0.1, 0.15) is 16.1 Å². The van der Waals surface area contributed by atoms with Crippen LogP contribution in [-0.4, -0.2) is 25.4 Å². The second-order valence-electron chi connectivity index (χ2n) is 7.48. The number of carbonyl (C=O) groups is 1. The van der Waals surface area contributed by atoms with Gasteiger partial charge in [0.25, 0.3) is 0 Å². The van der Waals surface area contributed by atoms with E-state index in [0.717, 1.165) is 21.4 Å². The lowest BCUT2D eigenvalue weighted by Gasteiger charge is -2.06. The lowest BCUT2D eigenvalue weighted by molar-refractivity contribution is 0.103. The molecule has 0 aliphatic rings. The molecule has 162 valence electrons. The summed E-state index contributed by atoms with van der Waals surface area (Å²) >= 11 is 3.50. The van der Waals surface area contributed by atoms with Crippen molar-refractivity contribution in [2.75, 3.05) is 0 Å². The van der Waals surface area contributed by atoms with Crippen LogP contribution in [0.5, 0.6) is 11.5 Å². The number of halogens is 3. The lowest BCUT2D eigenvalue weighted by Crippen LogP contribution is -2.01. The number of aromatic amines is 2. The molecule has 6 aromatic rings. The van der Waals surface area contributed by atoms with Crippen molar-refractivity contribution in [2.24, 2.45) is 0 Å². The molecule has 0 unspecified atom stereocenters. The first-order chi connectivity index (χ1) is 16.0. The van der Waals surface area contributed by atoms with Crippen molar-refractivity contribution in [3.8, 4) is 11.5 Å². The number of ether oxygens (including phenoxy) is 1. The van der Waals surface area contributed by atoms with Crippen molar-refractivity contribution in [1.29, 1.82) is 0 Å². The highest BCUT2D eigenvalue weighted by atomic mass is 79.9. The molecule has 3 heterocycles. The number of benzene rings is 3. The Kier molecular flexibility index (Phi) is 4.34. The Labute approximate surface area is 192 Å². The van der Waals surface area contributed by atoms with Gasteiger partial charge in [0.2, 0.25) is 11.6 Å². The zero-order valence-electron chi connectivity index (χ0n) is 16.7. The summed E-state index contributed by atoms with van der Waals surface area (Å²) < 4.78 is 35.5. The molecule has 0 bridgehead atoms. The van der Waals surface area contributed by atoms with Crippen LogP contribution in [0.15, 0.2) is 71.3 Å². The molecule has 6 rings (SSSR count). The van der Waals surface area contributed by atoms with Crippen molar-refractivity contribution >= 4 is 49.3 Å². The average Bonchev–Trinajstić information content (AvgIpc) is 3.50. The van der Waals surface area contributed by atoms with Gasteiger partial charge >= 0.3 is 0 Å². The van der Waals surface area contributed by atoms with Gasteiger partial charge in [-0.05, 0) is 42.5 Å². The smallest absolute Gasteiger partial charge is 0.214 e. The topological polar surface area (TPSA) is 75.2 Å². The molecule has 0 saturated heterocycles. The number of nitrogens with one attached hydrogen (secondary N) is 2. The minimum Gasteiger partial charge on any atom is -0.454 e. The number of H-pyrrole nitrogens is 2. The molecule has 3 aromatic carbocycles. The quantitative estimate of drug-likeness (QED) is 0.273. The van der Waals surface area contributed by atoms with E-state index in [0.29, 0.717) is 33.7 Å². The SMILES string of the molecule is O=C(c1cc2c(Br)cccc2[nH]1)c1c[nH]n2c1nc1cc(Oc3cccc(F)c3F)ccc12. The molecule has 33 heavy (non-hydrogen) atoms. The van der Waals surface area contributed by atoms with Crippen molar-refractivity contribution in [3.63, 3.8) is 0 Å². The van der Waals surface area contributed by atoms with E-state index < -0.39 is 11.6 Å². The van der Waals surface area contributed by atoms with Gasteiger partial charge in [-0.15, -0.1) is 0 Å². The molecule has 0 spiro atoms. The maximum atomic E-state index is 14.0. The maximum absolute atomic E-state index is 14.0. The summed E-state index contributed by atoms with van der Waals surface area (Å²) in [4.78, 5) is 21.0. The van der Waals surface area contributed by atoms with Gasteiger partial charge in [-0.1, -0.05) is 28.1 Å². The van der Waals surface area contributed by atoms with Gasteiger partial charge in [-0.2, -0.15) is 4.39 Å². The summed E-state index contributed by atoms with van der Waals surface area (Å²) in [5.41, 5.74) is 3.37. The first-order valence-electron chi connectivity index (χ1n) is 9.93. The number of fused-ring (bicyclic) bond motifs is 4. The Balaban J connectivity index is 1.40. The average molecular weight is 507 g/mol. The minimum absolute atomic E-state index is 0.210. The highest BCUT2D eigenvalue weighted by Crippen LogP contribution is 2.30. The number of ketones is 1. The third kappa shape index (κ3) is 3.12. The van der Waals surface area contributed by atoms with E-state index in [1.807, 2.05) is 18.2 Å². The Morgan fingerprint density at radius 2 is 1.91 bits per heavy atom. The predicted octanol–water partition coefficient (Wildman–Crippen LogP) is 6.36. The van der Waals surface area contributed by atoms with Crippen molar-refractivity contribution < 1.29 is 18.3 Å². The van der Waals surface area contributed by atoms with Gasteiger partial charge in [0.15, 0.2) is 17.2 Å². The molecule has 9 heteroatoms. The first kappa shape index (κ1) is 19.7. The van der Waals surface area contributed by atoms with Crippen LogP contribution in [0.4, 0.5) is 8.78 Å². The molecule has 0 fully saturated rings.